The van der Waals surface area contributed by atoms with E-state index >= 15 is 0 Å². The lowest BCUT2D eigenvalue weighted by molar-refractivity contribution is 0.418. The molecule has 0 atom stereocenters. The molecule has 0 bridgehead atoms. The fraction of sp³-hybridized carbons (Fsp3) is 0.308. The standard InChI is InChI=1S/C13H14F4N2S/c1-19(2)13(20-8-4-7-11(16)17)18-12-9(14)5-3-6-10(12)15/h3,5-7H,4,8H2,1-2H3. The van der Waals surface area contributed by atoms with E-state index < -0.39 is 17.7 Å². The summed E-state index contributed by atoms with van der Waals surface area (Å²) >= 11 is 1.15. The molecule has 0 saturated heterocycles. The van der Waals surface area contributed by atoms with Crippen molar-refractivity contribution >= 4 is 22.6 Å². The molecule has 1 rings (SSSR count). The monoisotopic (exact) mass is 306 g/mol. The summed E-state index contributed by atoms with van der Waals surface area (Å²) in [6.45, 7) is 0. The number of hydrogen-bond acceptors (Lipinski definition) is 2. The lowest BCUT2D eigenvalue weighted by atomic mass is 10.3. The Morgan fingerprint density at radius 3 is 2.35 bits per heavy atom. The third-order valence-electron chi connectivity index (χ3n) is 2.18. The molecule has 110 valence electrons. The zero-order valence-electron chi connectivity index (χ0n) is 11.0. The third kappa shape index (κ3) is 5.24. The highest BCUT2D eigenvalue weighted by Gasteiger charge is 2.10. The lowest BCUT2D eigenvalue weighted by Crippen LogP contribution is -2.19. The van der Waals surface area contributed by atoms with Crippen molar-refractivity contribution in [3.05, 3.63) is 42.0 Å². The molecular formula is C13H14F4N2S. The molecule has 0 spiro atoms. The van der Waals surface area contributed by atoms with Gasteiger partial charge < -0.3 is 4.90 Å². The molecule has 20 heavy (non-hydrogen) atoms. The average Bonchev–Trinajstić information content (AvgIpc) is 2.35. The van der Waals surface area contributed by atoms with Crippen LogP contribution in [-0.2, 0) is 0 Å². The predicted molar refractivity (Wildman–Crippen MR) is 74.5 cm³/mol. The van der Waals surface area contributed by atoms with Crippen molar-refractivity contribution in [2.45, 2.75) is 6.42 Å². The first kappa shape index (κ1) is 16.6. The quantitative estimate of drug-likeness (QED) is 0.354. The Labute approximate surface area is 119 Å². The fourth-order valence-electron chi connectivity index (χ4n) is 1.27. The summed E-state index contributed by atoms with van der Waals surface area (Å²) < 4.78 is 50.7. The van der Waals surface area contributed by atoms with Crippen molar-refractivity contribution in [2.75, 3.05) is 19.8 Å². The fourth-order valence-corrected chi connectivity index (χ4v) is 2.10. The van der Waals surface area contributed by atoms with E-state index in [1.165, 1.54) is 6.07 Å². The molecule has 1 aromatic carbocycles. The van der Waals surface area contributed by atoms with Crippen LogP contribution in [0.5, 0.6) is 0 Å². The molecule has 0 aliphatic heterocycles. The number of para-hydroxylation sites is 1. The Morgan fingerprint density at radius 2 is 1.85 bits per heavy atom. The molecular weight excluding hydrogens is 292 g/mol. The minimum absolute atomic E-state index is 0.152. The highest BCUT2D eigenvalue weighted by molar-refractivity contribution is 8.13. The normalized spacial score (nSPS) is 11.4. The van der Waals surface area contributed by atoms with Crippen LogP contribution in [-0.4, -0.2) is 29.9 Å². The van der Waals surface area contributed by atoms with E-state index in [1.54, 1.807) is 19.0 Å². The number of benzene rings is 1. The SMILES string of the molecule is CN(C)C(=Nc1c(F)cccc1F)SCCC=C(F)F. The van der Waals surface area contributed by atoms with Crippen molar-refractivity contribution in [1.82, 2.24) is 4.90 Å². The average molecular weight is 306 g/mol. The molecule has 2 nitrogen and oxygen atoms in total. The number of thioether (sulfide) groups is 1. The van der Waals surface area contributed by atoms with Crippen LogP contribution in [0.15, 0.2) is 35.3 Å². The zero-order valence-corrected chi connectivity index (χ0v) is 11.9. The molecule has 0 heterocycles. The van der Waals surface area contributed by atoms with Crippen molar-refractivity contribution < 1.29 is 17.6 Å². The second-order valence-electron chi connectivity index (χ2n) is 3.99. The van der Waals surface area contributed by atoms with Gasteiger partial charge in [-0.25, -0.2) is 13.8 Å². The van der Waals surface area contributed by atoms with Crippen LogP contribution in [0.25, 0.3) is 0 Å². The first-order chi connectivity index (χ1) is 9.41. The molecule has 0 radical (unpaired) electrons. The summed E-state index contributed by atoms with van der Waals surface area (Å²) in [7, 11) is 3.33. The largest absolute Gasteiger partial charge is 0.357 e. The van der Waals surface area contributed by atoms with E-state index in [-0.39, 0.29) is 12.1 Å². The number of aliphatic imine (C=N–C) groups is 1. The van der Waals surface area contributed by atoms with Gasteiger partial charge in [0.2, 0.25) is 0 Å². The van der Waals surface area contributed by atoms with Crippen LogP contribution >= 0.6 is 11.8 Å². The second kappa shape index (κ2) is 7.94. The van der Waals surface area contributed by atoms with Gasteiger partial charge >= 0.3 is 0 Å². The summed E-state index contributed by atoms with van der Waals surface area (Å²) in [5, 5.41) is 0.349. The Balaban J connectivity index is 2.85. The molecule has 0 aliphatic carbocycles. The highest BCUT2D eigenvalue weighted by Crippen LogP contribution is 2.24. The van der Waals surface area contributed by atoms with E-state index in [0.29, 0.717) is 10.9 Å². The van der Waals surface area contributed by atoms with Crippen molar-refractivity contribution in [3.63, 3.8) is 0 Å². The van der Waals surface area contributed by atoms with E-state index in [1.807, 2.05) is 0 Å². The Bertz CT molecular complexity index is 491. The van der Waals surface area contributed by atoms with Crippen LogP contribution in [0.1, 0.15) is 6.42 Å². The molecule has 0 N–H and O–H groups in total. The number of allylic oxidation sites excluding steroid dienone is 1. The molecule has 0 amide bonds. The van der Waals surface area contributed by atoms with Crippen LogP contribution < -0.4 is 0 Å². The first-order valence-corrected chi connectivity index (χ1v) is 6.74. The van der Waals surface area contributed by atoms with Crippen molar-refractivity contribution in [2.24, 2.45) is 4.99 Å². The van der Waals surface area contributed by atoms with E-state index in [4.69, 9.17) is 0 Å². The maximum atomic E-state index is 13.5. The molecule has 0 aromatic heterocycles. The Hall–Kier alpha value is -1.50. The van der Waals surface area contributed by atoms with Gasteiger partial charge in [-0.2, -0.15) is 8.78 Å². The summed E-state index contributed by atoms with van der Waals surface area (Å²) in [5.74, 6) is -1.19. The number of hydrogen-bond donors (Lipinski definition) is 0. The molecule has 1 aromatic rings. The van der Waals surface area contributed by atoms with Gasteiger partial charge in [0.1, 0.15) is 5.69 Å². The van der Waals surface area contributed by atoms with E-state index in [2.05, 4.69) is 4.99 Å². The number of halogens is 4. The lowest BCUT2D eigenvalue weighted by Gasteiger charge is -2.15. The van der Waals surface area contributed by atoms with Crippen molar-refractivity contribution in [3.8, 4) is 0 Å². The van der Waals surface area contributed by atoms with Gasteiger partial charge in [-0.3, -0.25) is 0 Å². The number of nitrogens with zero attached hydrogens (tertiary/aromatic N) is 2. The third-order valence-corrected chi connectivity index (χ3v) is 3.33. The van der Waals surface area contributed by atoms with Gasteiger partial charge in [-0.05, 0) is 24.6 Å². The summed E-state index contributed by atoms with van der Waals surface area (Å²) in [4.78, 5) is 5.50. The maximum Gasteiger partial charge on any atom is 0.266 e. The Kier molecular flexibility index (Phi) is 6.57. The molecule has 0 fully saturated rings. The van der Waals surface area contributed by atoms with E-state index in [0.717, 1.165) is 30.0 Å². The molecule has 0 saturated carbocycles. The molecule has 0 unspecified atom stereocenters. The molecule has 7 heteroatoms. The van der Waals surface area contributed by atoms with Gasteiger partial charge in [0.25, 0.3) is 6.08 Å². The topological polar surface area (TPSA) is 15.6 Å². The smallest absolute Gasteiger partial charge is 0.266 e. The Morgan fingerprint density at radius 1 is 1.25 bits per heavy atom. The van der Waals surface area contributed by atoms with Crippen LogP contribution in [0.2, 0.25) is 0 Å². The van der Waals surface area contributed by atoms with Gasteiger partial charge in [0.05, 0.1) is 0 Å². The van der Waals surface area contributed by atoms with Gasteiger partial charge in [-0.1, -0.05) is 17.8 Å². The number of amidine groups is 1. The van der Waals surface area contributed by atoms with Crippen LogP contribution in [0.4, 0.5) is 23.2 Å². The minimum atomic E-state index is -1.74. The molecule has 0 aliphatic rings. The van der Waals surface area contributed by atoms with E-state index in [9.17, 15) is 17.6 Å². The summed E-state index contributed by atoms with van der Waals surface area (Å²) in [6.07, 6.45) is -0.794. The van der Waals surface area contributed by atoms with Crippen molar-refractivity contribution in [1.29, 1.82) is 0 Å². The second-order valence-corrected chi connectivity index (χ2v) is 5.05. The zero-order chi connectivity index (χ0) is 15.1. The van der Waals surface area contributed by atoms with Gasteiger partial charge in [0, 0.05) is 19.8 Å². The number of rotatable bonds is 4. The highest BCUT2D eigenvalue weighted by atomic mass is 32.2. The van der Waals surface area contributed by atoms with Gasteiger partial charge in [-0.15, -0.1) is 0 Å². The maximum absolute atomic E-state index is 13.5. The first-order valence-electron chi connectivity index (χ1n) is 5.75. The predicted octanol–water partition coefficient (Wildman–Crippen LogP) is 4.42. The summed E-state index contributed by atoms with van der Waals surface area (Å²) in [6, 6.07) is 3.48. The van der Waals surface area contributed by atoms with Gasteiger partial charge in [0.15, 0.2) is 16.8 Å². The van der Waals surface area contributed by atoms with Crippen LogP contribution in [0.3, 0.4) is 0 Å². The van der Waals surface area contributed by atoms with Crippen LogP contribution in [0, 0.1) is 11.6 Å². The summed E-state index contributed by atoms with van der Waals surface area (Å²) in [5.41, 5.74) is -0.379. The minimum Gasteiger partial charge on any atom is -0.357 e.